The number of hydrogen-bond donors (Lipinski definition) is 0. The maximum Gasteiger partial charge on any atom is 0.338 e. The number of hydrogen-bond acceptors (Lipinski definition) is 4. The Hall–Kier alpha value is -1.99. The van der Waals surface area contributed by atoms with Gasteiger partial charge in [-0.2, -0.15) is 0 Å². The van der Waals surface area contributed by atoms with E-state index in [1.807, 2.05) is 36.4 Å². The third-order valence-corrected chi connectivity index (χ3v) is 11.1. The molecule has 0 spiro atoms. The summed E-state index contributed by atoms with van der Waals surface area (Å²) in [7, 11) is 0. The Morgan fingerprint density at radius 3 is 1.95 bits per heavy atom. The zero-order valence-corrected chi connectivity index (χ0v) is 28.4. The molecule has 7 heteroatoms. The van der Waals surface area contributed by atoms with Crippen molar-refractivity contribution in [3.05, 3.63) is 135 Å². The molecule has 4 atom stereocenters. The summed E-state index contributed by atoms with van der Waals surface area (Å²) >= 11 is 7.08. The van der Waals surface area contributed by atoms with Gasteiger partial charge < -0.3 is 9.47 Å². The fraction of sp³-hybridized carbons (Fsp3) is 0.212. The minimum Gasteiger partial charge on any atom is -0.454 e. The van der Waals surface area contributed by atoms with Crippen LogP contribution in [0.3, 0.4) is 0 Å². The number of aryl methyl sites for hydroxylation is 1. The molecule has 0 aromatic heterocycles. The molecule has 5 rings (SSSR count). The molecule has 3 aromatic rings. The van der Waals surface area contributed by atoms with Gasteiger partial charge in [-0.15, -0.1) is 0 Å². The summed E-state index contributed by atoms with van der Waals surface area (Å²) in [5.41, 5.74) is 5.41. The van der Waals surface area contributed by atoms with Crippen molar-refractivity contribution in [3.63, 3.8) is 0 Å². The highest BCUT2D eigenvalue weighted by atomic mass is 127. The van der Waals surface area contributed by atoms with Crippen LogP contribution in [-0.4, -0.2) is 24.1 Å². The molecule has 0 heterocycles. The molecule has 0 saturated heterocycles. The second-order valence-corrected chi connectivity index (χ2v) is 13.5. The Bertz CT molecular complexity index is 1530. The van der Waals surface area contributed by atoms with E-state index in [0.717, 1.165) is 30.3 Å². The minimum absolute atomic E-state index is 0.172. The molecule has 3 aromatic carbocycles. The third kappa shape index (κ3) is 6.25. The average Bonchev–Trinajstić information content (AvgIpc) is 3.11. The van der Waals surface area contributed by atoms with Crippen LogP contribution < -0.4 is 0 Å². The average molecular weight is 868 g/mol. The number of esters is 2. The molecule has 0 saturated carbocycles. The Kier molecular flexibility index (Phi) is 9.51. The number of halogens is 3. The van der Waals surface area contributed by atoms with Gasteiger partial charge in [-0.3, -0.25) is 0 Å². The van der Waals surface area contributed by atoms with E-state index in [1.165, 1.54) is 9.15 Å². The molecule has 0 N–H and O–H groups in total. The molecule has 0 radical (unpaired) electrons. The standard InChI is InChI=1S/C33H27I3O4/c1-19-13-14-23(34)17-25(19)29-26-18-28(36)27(35)16-15-24(26)20(2)30(39-32(37)21-9-5-3-6-10-21)31(29)40-33(38)22-11-7-4-8-12-22/h3-14,16-18,20,29-31H,15H2,1-2H3. The summed E-state index contributed by atoms with van der Waals surface area (Å²) in [5, 5.41) is 0. The van der Waals surface area contributed by atoms with Crippen LogP contribution in [0.2, 0.25) is 0 Å². The maximum absolute atomic E-state index is 13.6. The lowest BCUT2D eigenvalue weighted by atomic mass is 9.69. The first-order chi connectivity index (χ1) is 19.2. The van der Waals surface area contributed by atoms with Crippen molar-refractivity contribution < 1.29 is 19.1 Å². The molecule has 40 heavy (non-hydrogen) atoms. The predicted molar refractivity (Wildman–Crippen MR) is 183 cm³/mol. The summed E-state index contributed by atoms with van der Waals surface area (Å²) in [6, 6.07) is 24.3. The van der Waals surface area contributed by atoms with Crippen LogP contribution in [0.15, 0.2) is 109 Å². The SMILES string of the molecule is Cc1ccc(I)cc1C1C2=C(CC=C(I)C(I)=C2)C(C)C(OC(=O)c2ccccc2)C1OC(=O)c1ccccc1. The van der Waals surface area contributed by atoms with Crippen molar-refractivity contribution in [2.75, 3.05) is 0 Å². The monoisotopic (exact) mass is 868 g/mol. The molecule has 2 aliphatic carbocycles. The van der Waals surface area contributed by atoms with Gasteiger partial charge >= 0.3 is 11.9 Å². The topological polar surface area (TPSA) is 52.6 Å². The van der Waals surface area contributed by atoms with Gasteiger partial charge in [0, 0.05) is 16.6 Å². The summed E-state index contributed by atoms with van der Waals surface area (Å²) in [6.45, 7) is 4.16. The summed E-state index contributed by atoms with van der Waals surface area (Å²) < 4.78 is 16.1. The van der Waals surface area contributed by atoms with Gasteiger partial charge in [0.15, 0.2) is 6.10 Å². The van der Waals surface area contributed by atoms with Gasteiger partial charge in [0.1, 0.15) is 6.10 Å². The number of benzene rings is 3. The number of allylic oxidation sites excluding steroid dienone is 4. The molecular formula is C33H27I3O4. The van der Waals surface area contributed by atoms with Gasteiger partial charge in [-0.25, -0.2) is 9.59 Å². The van der Waals surface area contributed by atoms with Crippen LogP contribution in [0.5, 0.6) is 0 Å². The van der Waals surface area contributed by atoms with Gasteiger partial charge in [0.2, 0.25) is 0 Å². The molecule has 0 amide bonds. The van der Waals surface area contributed by atoms with Crippen molar-refractivity contribution in [1.29, 1.82) is 0 Å². The number of rotatable bonds is 5. The minimum atomic E-state index is -0.734. The Balaban J connectivity index is 1.69. The lowest BCUT2D eigenvalue weighted by molar-refractivity contribution is -0.0593. The fourth-order valence-corrected chi connectivity index (χ4v) is 6.87. The molecule has 204 valence electrons. The van der Waals surface area contributed by atoms with Crippen LogP contribution >= 0.6 is 67.8 Å². The molecule has 0 aliphatic heterocycles. The van der Waals surface area contributed by atoms with Crippen LogP contribution in [0.25, 0.3) is 0 Å². The zero-order valence-electron chi connectivity index (χ0n) is 21.9. The molecule has 0 bridgehead atoms. The highest BCUT2D eigenvalue weighted by Crippen LogP contribution is 2.49. The van der Waals surface area contributed by atoms with E-state index < -0.39 is 24.1 Å². The van der Waals surface area contributed by atoms with Gasteiger partial charge in [0.05, 0.1) is 17.0 Å². The lowest BCUT2D eigenvalue weighted by Crippen LogP contribution is -2.48. The number of ether oxygens (including phenoxy) is 2. The number of carbonyl (C=O) groups is 2. The van der Waals surface area contributed by atoms with Gasteiger partial charge in [0.25, 0.3) is 0 Å². The predicted octanol–water partition coefficient (Wildman–Crippen LogP) is 9.12. The lowest BCUT2D eigenvalue weighted by Gasteiger charge is -2.43. The van der Waals surface area contributed by atoms with E-state index in [9.17, 15) is 9.59 Å². The third-order valence-electron chi connectivity index (χ3n) is 7.49. The Morgan fingerprint density at radius 2 is 1.35 bits per heavy atom. The van der Waals surface area contributed by atoms with Gasteiger partial charge in [-0.1, -0.05) is 61.0 Å². The normalized spacial score (nSPS) is 22.4. The maximum atomic E-state index is 13.6. The van der Waals surface area contributed by atoms with E-state index in [0.29, 0.717) is 11.1 Å². The van der Waals surface area contributed by atoms with E-state index in [4.69, 9.17) is 9.47 Å². The fourth-order valence-electron chi connectivity index (χ4n) is 5.43. The molecule has 2 aliphatic rings. The quantitative estimate of drug-likeness (QED) is 0.190. The molecule has 0 fully saturated rings. The smallest absolute Gasteiger partial charge is 0.338 e. The number of carbonyl (C=O) groups excluding carboxylic acids is 2. The van der Waals surface area contributed by atoms with Crippen LogP contribution in [0.4, 0.5) is 0 Å². The summed E-state index contributed by atoms with van der Waals surface area (Å²) in [5.74, 6) is -1.35. The van der Waals surface area contributed by atoms with Crippen LogP contribution in [-0.2, 0) is 9.47 Å². The zero-order chi connectivity index (χ0) is 28.4. The van der Waals surface area contributed by atoms with E-state index in [2.05, 4.69) is 112 Å². The Morgan fingerprint density at radius 1 is 0.775 bits per heavy atom. The van der Waals surface area contributed by atoms with Crippen molar-refractivity contribution >= 4 is 79.7 Å². The molecule has 4 unspecified atom stereocenters. The molecular weight excluding hydrogens is 841 g/mol. The van der Waals surface area contributed by atoms with E-state index >= 15 is 0 Å². The first-order valence-electron chi connectivity index (χ1n) is 13.0. The van der Waals surface area contributed by atoms with E-state index in [1.54, 1.807) is 24.3 Å². The van der Waals surface area contributed by atoms with Crippen molar-refractivity contribution in [1.82, 2.24) is 0 Å². The van der Waals surface area contributed by atoms with Crippen molar-refractivity contribution in [3.8, 4) is 0 Å². The second kappa shape index (κ2) is 12.9. The summed E-state index contributed by atoms with van der Waals surface area (Å²) in [4.78, 5) is 27.0. The van der Waals surface area contributed by atoms with Gasteiger partial charge in [-0.05, 0) is 140 Å². The Labute approximate surface area is 275 Å². The van der Waals surface area contributed by atoms with Crippen LogP contribution in [0, 0.1) is 16.4 Å². The highest BCUT2D eigenvalue weighted by molar-refractivity contribution is 14.1. The first-order valence-corrected chi connectivity index (χ1v) is 16.2. The largest absolute Gasteiger partial charge is 0.454 e. The highest BCUT2D eigenvalue weighted by Gasteiger charge is 2.48. The molecule has 4 nitrogen and oxygen atoms in total. The summed E-state index contributed by atoms with van der Waals surface area (Å²) in [6.07, 6.45) is 3.76. The van der Waals surface area contributed by atoms with E-state index in [-0.39, 0.29) is 11.8 Å². The van der Waals surface area contributed by atoms with Crippen molar-refractivity contribution in [2.24, 2.45) is 5.92 Å². The van der Waals surface area contributed by atoms with Crippen molar-refractivity contribution in [2.45, 2.75) is 38.4 Å². The second-order valence-electron chi connectivity index (χ2n) is 9.97. The van der Waals surface area contributed by atoms with Crippen LogP contribution in [0.1, 0.15) is 51.1 Å². The first kappa shape index (κ1) is 29.5.